The van der Waals surface area contributed by atoms with E-state index in [0.29, 0.717) is 11.6 Å². The molecule has 0 aliphatic carbocycles. The van der Waals surface area contributed by atoms with E-state index in [1.54, 1.807) is 36.5 Å². The number of benzene rings is 2. The quantitative estimate of drug-likeness (QED) is 0.166. The summed E-state index contributed by atoms with van der Waals surface area (Å²) in [5.41, 5.74) is 6.51. The second kappa shape index (κ2) is 13.1. The molecule has 0 saturated carbocycles. The molecule has 3 N–H and O–H groups in total. The largest absolute Gasteiger partial charge is 0.481 e. The van der Waals surface area contributed by atoms with Crippen molar-refractivity contribution in [2.24, 2.45) is 5.73 Å². The fourth-order valence-corrected chi connectivity index (χ4v) is 6.74. The molecule has 0 unspecified atom stereocenters. The van der Waals surface area contributed by atoms with Gasteiger partial charge in [0.25, 0.3) is 29.5 Å². The van der Waals surface area contributed by atoms with Gasteiger partial charge in [0.2, 0.25) is 12.0 Å². The number of anilines is 3. The molecule has 2 aromatic carbocycles. The number of fused-ring (bicyclic) bond motifs is 2. The lowest BCUT2D eigenvalue weighted by Crippen LogP contribution is -2.56. The maximum Gasteiger partial charge on any atom is 0.303 e. The van der Waals surface area contributed by atoms with Crippen molar-refractivity contribution in [3.8, 4) is 11.6 Å². The van der Waals surface area contributed by atoms with Gasteiger partial charge in [-0.1, -0.05) is 12.1 Å². The van der Waals surface area contributed by atoms with Crippen LogP contribution in [0.4, 0.5) is 17.3 Å². The lowest BCUT2D eigenvalue weighted by Gasteiger charge is -2.34. The Bertz CT molecular complexity index is 2250. The monoisotopic (exact) mass is 710 g/mol. The lowest BCUT2D eigenvalue weighted by atomic mass is 10.1. The number of imide groups is 1. The SMILES string of the molecule is COc1cc(-n2ccc(N3CCO[C@H]([C@@H](OC(C)=O)C(=O)Nc4ccc5c(N6C(=O)c7ccccc7C6=O)nsc5c4C(N)=O)C3=O)n2)ccn1. The number of primary amides is 1. The van der Waals surface area contributed by atoms with E-state index in [2.05, 4.69) is 19.8 Å². The summed E-state index contributed by atoms with van der Waals surface area (Å²) in [6.45, 7) is 1.12. The number of carbonyl (C=O) groups excluding carboxylic acids is 6. The molecule has 51 heavy (non-hydrogen) atoms. The Hall–Kier alpha value is -6.53. The molecule has 2 atom stereocenters. The van der Waals surface area contributed by atoms with Gasteiger partial charge in [0.1, 0.15) is 0 Å². The molecule has 258 valence electrons. The van der Waals surface area contributed by atoms with Crippen molar-refractivity contribution in [2.45, 2.75) is 19.1 Å². The number of nitrogens with zero attached hydrogens (tertiary/aromatic N) is 6. The van der Waals surface area contributed by atoms with Crippen LogP contribution in [0.2, 0.25) is 0 Å². The highest BCUT2D eigenvalue weighted by Gasteiger charge is 2.44. The van der Waals surface area contributed by atoms with Crippen LogP contribution < -0.4 is 25.6 Å². The number of morpholine rings is 1. The maximum absolute atomic E-state index is 13.8. The zero-order valence-electron chi connectivity index (χ0n) is 26.8. The molecule has 17 nitrogen and oxygen atoms in total. The normalized spacial score (nSPS) is 16.3. The molecule has 5 heterocycles. The molecule has 1 fully saturated rings. The number of rotatable bonds is 9. The summed E-state index contributed by atoms with van der Waals surface area (Å²) >= 11 is 0.789. The smallest absolute Gasteiger partial charge is 0.303 e. The van der Waals surface area contributed by atoms with E-state index in [9.17, 15) is 28.8 Å². The van der Waals surface area contributed by atoms with Crippen LogP contribution in [0.3, 0.4) is 0 Å². The van der Waals surface area contributed by atoms with Crippen LogP contribution in [0, 0.1) is 0 Å². The van der Waals surface area contributed by atoms with Gasteiger partial charge in [-0.2, -0.15) is 4.37 Å². The van der Waals surface area contributed by atoms with Gasteiger partial charge in [0, 0.05) is 36.8 Å². The summed E-state index contributed by atoms with van der Waals surface area (Å²) in [4.78, 5) is 85.1. The Balaban J connectivity index is 1.16. The molecule has 0 bridgehead atoms. The minimum absolute atomic E-state index is 0.00818. The Morgan fingerprint density at radius 3 is 2.49 bits per heavy atom. The molecule has 1 saturated heterocycles. The van der Waals surface area contributed by atoms with Crippen LogP contribution >= 0.6 is 11.5 Å². The molecular weight excluding hydrogens is 684 g/mol. The van der Waals surface area contributed by atoms with Crippen molar-refractivity contribution in [2.75, 3.05) is 35.4 Å². The minimum atomic E-state index is -1.80. The first kappa shape index (κ1) is 33.0. The molecular formula is C33H26N8O9S. The Labute approximate surface area is 291 Å². The standard InChI is InChI=1S/C33H26N8O9S/c1-16(42)50-25(26-33(47)39(13-14-49-26)22-10-12-40(37-22)17-9-11-35-23(15-17)48-2)30(44)36-21-8-7-20-27(24(21)28(34)43)51-38-29(20)41-31(45)18-5-3-4-6-19(18)32(41)46/h3-12,15,25-26H,13-14H2,1-2H3,(H2,34,43)(H,36,44)/t25-,26-/m1/s1. The molecule has 3 aromatic heterocycles. The van der Waals surface area contributed by atoms with Crippen LogP contribution in [-0.4, -0.2) is 87.1 Å². The van der Waals surface area contributed by atoms with E-state index in [0.717, 1.165) is 23.4 Å². The van der Waals surface area contributed by atoms with Crippen molar-refractivity contribution in [1.82, 2.24) is 19.1 Å². The molecule has 0 spiro atoms. The van der Waals surface area contributed by atoms with Gasteiger partial charge >= 0.3 is 5.97 Å². The number of hydrogen-bond acceptors (Lipinski definition) is 13. The molecule has 5 amide bonds. The molecule has 2 aliphatic heterocycles. The number of pyridine rings is 1. The Morgan fingerprint density at radius 1 is 1.06 bits per heavy atom. The van der Waals surface area contributed by atoms with Crippen LogP contribution in [0.15, 0.2) is 67.0 Å². The highest BCUT2D eigenvalue weighted by molar-refractivity contribution is 7.14. The summed E-state index contributed by atoms with van der Waals surface area (Å²) in [6.07, 6.45) is -0.217. The third kappa shape index (κ3) is 5.81. The van der Waals surface area contributed by atoms with Crippen molar-refractivity contribution in [1.29, 1.82) is 0 Å². The summed E-state index contributed by atoms with van der Waals surface area (Å²) in [5, 5.41) is 7.27. The first-order valence-corrected chi connectivity index (χ1v) is 16.0. The molecule has 0 radical (unpaired) electrons. The number of nitrogens with one attached hydrogen (secondary N) is 1. The van der Waals surface area contributed by atoms with E-state index >= 15 is 0 Å². The first-order chi connectivity index (χ1) is 24.6. The van der Waals surface area contributed by atoms with Gasteiger partial charge in [0.15, 0.2) is 17.7 Å². The molecule has 7 rings (SSSR count). The molecule has 2 aliphatic rings. The van der Waals surface area contributed by atoms with E-state index in [-0.39, 0.29) is 57.3 Å². The zero-order chi connectivity index (χ0) is 36.0. The van der Waals surface area contributed by atoms with Crippen molar-refractivity contribution in [3.63, 3.8) is 0 Å². The van der Waals surface area contributed by atoms with Gasteiger partial charge in [-0.15, -0.1) is 5.10 Å². The number of esters is 1. The predicted octanol–water partition coefficient (Wildman–Crippen LogP) is 2.09. The van der Waals surface area contributed by atoms with Crippen LogP contribution in [0.25, 0.3) is 15.8 Å². The number of aromatic nitrogens is 4. The summed E-state index contributed by atoms with van der Waals surface area (Å²) in [5.74, 6) is -4.11. The van der Waals surface area contributed by atoms with Crippen LogP contribution in [0.1, 0.15) is 38.0 Å². The second-order valence-corrected chi connectivity index (χ2v) is 12.0. The summed E-state index contributed by atoms with van der Waals surface area (Å²) < 4.78 is 22.1. The highest BCUT2D eigenvalue weighted by atomic mass is 32.1. The number of carbonyl (C=O) groups is 6. The van der Waals surface area contributed by atoms with Crippen molar-refractivity contribution >= 4 is 74.4 Å². The van der Waals surface area contributed by atoms with Crippen molar-refractivity contribution < 1.29 is 43.0 Å². The number of hydrogen-bond donors (Lipinski definition) is 2. The van der Waals surface area contributed by atoms with E-state index in [1.165, 1.54) is 47.2 Å². The fraction of sp³-hybridized carbons (Fsp3) is 0.182. The predicted molar refractivity (Wildman–Crippen MR) is 180 cm³/mol. The van der Waals surface area contributed by atoms with E-state index < -0.39 is 47.7 Å². The lowest BCUT2D eigenvalue weighted by molar-refractivity contribution is -0.167. The third-order valence-corrected chi connectivity index (χ3v) is 8.99. The molecule has 18 heteroatoms. The second-order valence-electron chi connectivity index (χ2n) is 11.2. The van der Waals surface area contributed by atoms with E-state index in [1.807, 2.05) is 0 Å². The first-order valence-electron chi connectivity index (χ1n) is 15.2. The fourth-order valence-electron chi connectivity index (χ4n) is 5.82. The zero-order valence-corrected chi connectivity index (χ0v) is 27.6. The maximum atomic E-state index is 13.8. The number of amides is 5. The van der Waals surface area contributed by atoms with Crippen LogP contribution in [0.5, 0.6) is 5.88 Å². The van der Waals surface area contributed by atoms with Gasteiger partial charge in [-0.3, -0.25) is 33.7 Å². The van der Waals surface area contributed by atoms with Gasteiger partial charge < -0.3 is 25.3 Å². The number of ether oxygens (including phenoxy) is 3. The van der Waals surface area contributed by atoms with E-state index in [4.69, 9.17) is 19.9 Å². The highest BCUT2D eigenvalue weighted by Crippen LogP contribution is 2.39. The van der Waals surface area contributed by atoms with Gasteiger partial charge in [-0.05, 0) is 41.9 Å². The van der Waals surface area contributed by atoms with Gasteiger partial charge in [-0.25, -0.2) is 14.6 Å². The van der Waals surface area contributed by atoms with Crippen molar-refractivity contribution in [3.05, 3.63) is 83.7 Å². The number of methoxy groups -OCH3 is 1. The van der Waals surface area contributed by atoms with Crippen LogP contribution in [-0.2, 0) is 23.9 Å². The number of nitrogens with two attached hydrogens (primary N) is 1. The van der Waals surface area contributed by atoms with Gasteiger partial charge in [0.05, 0.1) is 53.0 Å². The third-order valence-electron chi connectivity index (χ3n) is 8.12. The summed E-state index contributed by atoms with van der Waals surface area (Å²) in [6, 6.07) is 14.0. The Morgan fingerprint density at radius 2 is 1.80 bits per heavy atom. The topological polar surface area (TPSA) is 218 Å². The average Bonchev–Trinajstić information content (AvgIpc) is 3.84. The minimum Gasteiger partial charge on any atom is -0.481 e. The summed E-state index contributed by atoms with van der Waals surface area (Å²) in [7, 11) is 1.48. The molecule has 5 aromatic rings. The average molecular weight is 711 g/mol. The Kier molecular flexibility index (Phi) is 8.45.